The first-order chi connectivity index (χ1) is 10.8. The number of carbonyl (C=O) groups excluding carboxylic acids is 1. The maximum Gasteiger partial charge on any atom is 0.408 e. The van der Waals surface area contributed by atoms with Crippen molar-refractivity contribution in [2.75, 3.05) is 20.3 Å². The zero-order chi connectivity index (χ0) is 17.0. The number of amides is 1. The average Bonchev–Trinajstić information content (AvgIpc) is 2.92. The second-order valence-corrected chi connectivity index (χ2v) is 6.93. The number of likely N-dealkylation sites (tertiary alicyclic amines) is 1. The molecule has 1 aliphatic rings. The van der Waals surface area contributed by atoms with Gasteiger partial charge in [-0.2, -0.15) is 0 Å². The normalized spacial score (nSPS) is 18.7. The molecule has 23 heavy (non-hydrogen) atoms. The number of aromatic nitrogens is 1. The van der Waals surface area contributed by atoms with Crippen LogP contribution >= 0.6 is 11.6 Å². The molecule has 1 saturated heterocycles. The molecule has 6 nitrogen and oxygen atoms in total. The number of methoxy groups -OCH3 is 1. The summed E-state index contributed by atoms with van der Waals surface area (Å²) in [7, 11) is 1.57. The molecule has 0 radical (unpaired) electrons. The third kappa shape index (κ3) is 4.97. The van der Waals surface area contributed by atoms with Gasteiger partial charge in [0.2, 0.25) is 0 Å². The molecule has 128 valence electrons. The van der Waals surface area contributed by atoms with Crippen molar-refractivity contribution in [1.29, 1.82) is 0 Å². The van der Waals surface area contributed by atoms with Crippen molar-refractivity contribution in [3.8, 4) is 5.75 Å². The first-order valence-corrected chi connectivity index (χ1v) is 8.08. The molecular weight excluding hydrogens is 318 g/mol. The Morgan fingerprint density at radius 1 is 1.52 bits per heavy atom. The van der Waals surface area contributed by atoms with E-state index in [1.54, 1.807) is 13.3 Å². The minimum absolute atomic E-state index is 0.184. The third-order valence-electron chi connectivity index (χ3n) is 3.62. The van der Waals surface area contributed by atoms with Crippen LogP contribution in [0.5, 0.6) is 5.75 Å². The lowest BCUT2D eigenvalue weighted by molar-refractivity contribution is 0.0486. The number of rotatable bonds is 4. The smallest absolute Gasteiger partial charge is 0.408 e. The first kappa shape index (κ1) is 17.8. The van der Waals surface area contributed by atoms with Crippen LogP contribution in [0.3, 0.4) is 0 Å². The Bertz CT molecular complexity index is 560. The summed E-state index contributed by atoms with van der Waals surface area (Å²) >= 11 is 5.98. The second kappa shape index (κ2) is 7.36. The molecular formula is C16H24ClN3O3. The summed E-state index contributed by atoms with van der Waals surface area (Å²) in [5.41, 5.74) is 0.539. The molecule has 1 fully saturated rings. The molecule has 0 aromatic carbocycles. The lowest BCUT2D eigenvalue weighted by atomic mass is 10.1. The van der Waals surface area contributed by atoms with Gasteiger partial charge >= 0.3 is 6.09 Å². The van der Waals surface area contributed by atoms with Crippen molar-refractivity contribution in [1.82, 2.24) is 15.2 Å². The monoisotopic (exact) mass is 341 g/mol. The molecule has 0 bridgehead atoms. The van der Waals surface area contributed by atoms with Crippen LogP contribution in [0.4, 0.5) is 4.79 Å². The highest BCUT2D eigenvalue weighted by atomic mass is 35.5. The number of nitrogens with one attached hydrogen (secondary N) is 1. The number of carbonyl (C=O) groups is 1. The Balaban J connectivity index is 1.99. The van der Waals surface area contributed by atoms with Crippen molar-refractivity contribution in [3.05, 3.63) is 23.0 Å². The summed E-state index contributed by atoms with van der Waals surface area (Å²) in [5.74, 6) is 0.566. The molecule has 2 heterocycles. The lowest BCUT2D eigenvalue weighted by Crippen LogP contribution is -2.40. The molecule has 1 aromatic rings. The first-order valence-electron chi connectivity index (χ1n) is 7.70. The van der Waals surface area contributed by atoms with Crippen molar-refractivity contribution < 1.29 is 14.3 Å². The highest BCUT2D eigenvalue weighted by molar-refractivity contribution is 6.30. The van der Waals surface area contributed by atoms with Gasteiger partial charge in [-0.25, -0.2) is 9.78 Å². The number of ether oxygens (including phenoxy) is 2. The summed E-state index contributed by atoms with van der Waals surface area (Å²) in [6.45, 7) is 6.88. The average molecular weight is 342 g/mol. The van der Waals surface area contributed by atoms with Gasteiger partial charge in [0.25, 0.3) is 0 Å². The maximum absolute atomic E-state index is 11.8. The zero-order valence-electron chi connectivity index (χ0n) is 14.1. The van der Waals surface area contributed by atoms with Gasteiger partial charge in [-0.15, -0.1) is 0 Å². The van der Waals surface area contributed by atoms with Gasteiger partial charge in [0.05, 0.1) is 13.8 Å². The molecule has 1 aromatic heterocycles. The van der Waals surface area contributed by atoms with Crippen LogP contribution in [-0.2, 0) is 4.74 Å². The molecule has 7 heteroatoms. The zero-order valence-corrected chi connectivity index (χ0v) is 14.8. The second-order valence-electron chi connectivity index (χ2n) is 6.57. The van der Waals surface area contributed by atoms with E-state index in [2.05, 4.69) is 15.2 Å². The predicted octanol–water partition coefficient (Wildman–Crippen LogP) is 3.36. The van der Waals surface area contributed by atoms with E-state index in [1.807, 2.05) is 26.8 Å². The van der Waals surface area contributed by atoms with Crippen LogP contribution in [0.25, 0.3) is 0 Å². The number of hydrogen-bond donors (Lipinski definition) is 1. The van der Waals surface area contributed by atoms with Crippen molar-refractivity contribution in [2.45, 2.75) is 45.3 Å². The van der Waals surface area contributed by atoms with Crippen LogP contribution in [-0.4, -0.2) is 41.9 Å². The van der Waals surface area contributed by atoms with Gasteiger partial charge in [-0.05, 0) is 45.2 Å². The Morgan fingerprint density at radius 3 is 2.91 bits per heavy atom. The van der Waals surface area contributed by atoms with Gasteiger partial charge < -0.3 is 14.8 Å². The fourth-order valence-electron chi connectivity index (χ4n) is 2.64. The van der Waals surface area contributed by atoms with Crippen LogP contribution in [0.15, 0.2) is 12.3 Å². The molecule has 2 rings (SSSR count). The standard InChI is InChI=1S/C16H24ClN3O3/c1-16(2,3)23-15(21)19-10-20-7-5-6-12(20)11-8-13(22-4)14(17)18-9-11/h8-9,12H,5-7,10H2,1-4H3,(H,19,21)/t12-/m0/s1. The molecule has 1 N–H and O–H groups in total. The van der Waals surface area contributed by atoms with E-state index in [9.17, 15) is 4.79 Å². The van der Waals surface area contributed by atoms with Gasteiger partial charge in [0, 0.05) is 18.8 Å². The number of pyridine rings is 1. The van der Waals surface area contributed by atoms with E-state index < -0.39 is 11.7 Å². The van der Waals surface area contributed by atoms with E-state index >= 15 is 0 Å². The summed E-state index contributed by atoms with van der Waals surface area (Å²) in [6.07, 6.45) is 3.42. The van der Waals surface area contributed by atoms with E-state index in [-0.39, 0.29) is 6.04 Å². The number of hydrogen-bond acceptors (Lipinski definition) is 5. The van der Waals surface area contributed by atoms with Gasteiger partial charge in [-0.1, -0.05) is 11.6 Å². The van der Waals surface area contributed by atoms with Crippen LogP contribution in [0.1, 0.15) is 45.2 Å². The SMILES string of the molecule is COc1cc([C@@H]2CCCN2CNC(=O)OC(C)(C)C)cnc1Cl. The van der Waals surface area contributed by atoms with Crippen LogP contribution in [0.2, 0.25) is 5.15 Å². The molecule has 1 aliphatic heterocycles. The lowest BCUT2D eigenvalue weighted by Gasteiger charge is -2.26. The van der Waals surface area contributed by atoms with Crippen LogP contribution < -0.4 is 10.1 Å². The molecule has 0 saturated carbocycles. The van der Waals surface area contributed by atoms with Gasteiger partial charge in [0.1, 0.15) is 5.60 Å². The summed E-state index contributed by atoms with van der Waals surface area (Å²) < 4.78 is 10.5. The fraction of sp³-hybridized carbons (Fsp3) is 0.625. The predicted molar refractivity (Wildman–Crippen MR) is 88.7 cm³/mol. The maximum atomic E-state index is 11.8. The van der Waals surface area contributed by atoms with Crippen molar-refractivity contribution >= 4 is 17.7 Å². The summed E-state index contributed by atoms with van der Waals surface area (Å²) in [4.78, 5) is 18.2. The topological polar surface area (TPSA) is 63.7 Å². The largest absolute Gasteiger partial charge is 0.494 e. The highest BCUT2D eigenvalue weighted by Crippen LogP contribution is 2.34. The highest BCUT2D eigenvalue weighted by Gasteiger charge is 2.27. The quantitative estimate of drug-likeness (QED) is 0.851. The van der Waals surface area contributed by atoms with E-state index in [0.29, 0.717) is 17.6 Å². The number of nitrogens with zero attached hydrogens (tertiary/aromatic N) is 2. The molecule has 0 spiro atoms. The molecule has 1 amide bonds. The summed E-state index contributed by atoms with van der Waals surface area (Å²) in [5, 5.41) is 3.16. The summed E-state index contributed by atoms with van der Waals surface area (Å²) in [6, 6.07) is 2.09. The Kier molecular flexibility index (Phi) is 5.70. The van der Waals surface area contributed by atoms with Gasteiger partial charge in [-0.3, -0.25) is 4.90 Å². The minimum atomic E-state index is -0.498. The fourth-order valence-corrected chi connectivity index (χ4v) is 2.82. The minimum Gasteiger partial charge on any atom is -0.494 e. The van der Waals surface area contributed by atoms with E-state index in [4.69, 9.17) is 21.1 Å². The number of halogens is 1. The van der Waals surface area contributed by atoms with Gasteiger partial charge in [0.15, 0.2) is 10.9 Å². The Hall–Kier alpha value is -1.53. The van der Waals surface area contributed by atoms with Crippen LogP contribution in [0, 0.1) is 0 Å². The Labute approximate surface area is 142 Å². The third-order valence-corrected chi connectivity index (χ3v) is 3.91. The van der Waals surface area contributed by atoms with Crippen molar-refractivity contribution in [3.63, 3.8) is 0 Å². The number of alkyl carbamates (subject to hydrolysis) is 1. The molecule has 0 aliphatic carbocycles. The molecule has 0 unspecified atom stereocenters. The Morgan fingerprint density at radius 2 is 2.26 bits per heavy atom. The van der Waals surface area contributed by atoms with Crippen molar-refractivity contribution in [2.24, 2.45) is 0 Å². The van der Waals surface area contributed by atoms with E-state index in [1.165, 1.54) is 0 Å². The molecule has 1 atom stereocenters. The van der Waals surface area contributed by atoms with E-state index in [0.717, 1.165) is 24.9 Å².